The van der Waals surface area contributed by atoms with Crippen molar-refractivity contribution in [3.63, 3.8) is 0 Å². The third kappa shape index (κ3) is 4.44. The van der Waals surface area contributed by atoms with Crippen LogP contribution in [-0.4, -0.2) is 29.5 Å². The van der Waals surface area contributed by atoms with Gasteiger partial charge in [0.05, 0.1) is 5.92 Å². The van der Waals surface area contributed by atoms with Crippen LogP contribution in [0.4, 0.5) is 5.82 Å². The summed E-state index contributed by atoms with van der Waals surface area (Å²) in [7, 11) is 0. The molecule has 2 rings (SSSR count). The first-order valence-corrected chi connectivity index (χ1v) is 8.74. The maximum absolute atomic E-state index is 12.4. The fourth-order valence-corrected chi connectivity index (χ4v) is 3.36. The first-order valence-electron chi connectivity index (χ1n) is 8.74. The Balaban J connectivity index is 1.91. The molecule has 1 amide bonds. The second-order valence-corrected chi connectivity index (χ2v) is 6.72. The number of nitrogens with zero attached hydrogens (tertiary/aromatic N) is 2. The number of nitrogens with two attached hydrogens (primary N) is 1. The van der Waals surface area contributed by atoms with Gasteiger partial charge in [0, 0.05) is 31.4 Å². The van der Waals surface area contributed by atoms with Crippen molar-refractivity contribution < 1.29 is 4.79 Å². The van der Waals surface area contributed by atoms with Crippen LogP contribution in [0.5, 0.6) is 0 Å². The van der Waals surface area contributed by atoms with Gasteiger partial charge < -0.3 is 16.0 Å². The quantitative estimate of drug-likeness (QED) is 0.845. The van der Waals surface area contributed by atoms with Crippen molar-refractivity contribution in [2.45, 2.75) is 58.5 Å². The lowest BCUT2D eigenvalue weighted by molar-refractivity contribution is -0.128. The fourth-order valence-electron chi connectivity index (χ4n) is 3.36. The number of carbonyl (C=O) groups excluding carboxylic acids is 1. The molecule has 1 aliphatic rings. The molecule has 0 saturated heterocycles. The summed E-state index contributed by atoms with van der Waals surface area (Å²) in [6, 6.07) is 4.05. The van der Waals surface area contributed by atoms with E-state index in [-0.39, 0.29) is 17.4 Å². The van der Waals surface area contributed by atoms with Gasteiger partial charge in [0.15, 0.2) is 0 Å². The van der Waals surface area contributed by atoms with E-state index in [2.05, 4.69) is 29.0 Å². The van der Waals surface area contributed by atoms with Crippen LogP contribution in [0.15, 0.2) is 18.3 Å². The molecule has 2 unspecified atom stereocenters. The van der Waals surface area contributed by atoms with Crippen LogP contribution >= 0.6 is 0 Å². The van der Waals surface area contributed by atoms with Crippen LogP contribution in [0.1, 0.15) is 52.0 Å². The van der Waals surface area contributed by atoms with Gasteiger partial charge in [-0.05, 0) is 45.2 Å². The van der Waals surface area contributed by atoms with Gasteiger partial charge in [-0.25, -0.2) is 4.98 Å². The summed E-state index contributed by atoms with van der Waals surface area (Å²) in [5, 5.41) is 3.03. The number of aromatic nitrogens is 1. The van der Waals surface area contributed by atoms with Gasteiger partial charge in [-0.3, -0.25) is 4.79 Å². The van der Waals surface area contributed by atoms with Gasteiger partial charge in [-0.1, -0.05) is 18.9 Å². The average Bonchev–Trinajstić information content (AvgIpc) is 2.54. The zero-order chi connectivity index (χ0) is 16.9. The van der Waals surface area contributed by atoms with E-state index in [0.717, 1.165) is 50.2 Å². The number of amides is 1. The minimum atomic E-state index is -0.382. The van der Waals surface area contributed by atoms with E-state index in [1.54, 1.807) is 0 Å². The lowest BCUT2D eigenvalue weighted by atomic mass is 9.74. The first kappa shape index (κ1) is 17.7. The van der Waals surface area contributed by atoms with Crippen LogP contribution in [0, 0.1) is 5.92 Å². The van der Waals surface area contributed by atoms with Crippen LogP contribution in [-0.2, 0) is 11.3 Å². The molecule has 5 heteroatoms. The number of carbonyl (C=O) groups is 1. The van der Waals surface area contributed by atoms with Gasteiger partial charge in [0.1, 0.15) is 5.82 Å². The molecule has 3 N–H and O–H groups in total. The summed E-state index contributed by atoms with van der Waals surface area (Å²) >= 11 is 0. The predicted molar refractivity (Wildman–Crippen MR) is 94.2 cm³/mol. The van der Waals surface area contributed by atoms with E-state index in [1.165, 1.54) is 0 Å². The van der Waals surface area contributed by atoms with Crippen molar-refractivity contribution >= 4 is 11.7 Å². The van der Waals surface area contributed by atoms with E-state index < -0.39 is 0 Å². The molecule has 2 atom stereocenters. The van der Waals surface area contributed by atoms with Crippen molar-refractivity contribution in [1.29, 1.82) is 0 Å². The molecule has 128 valence electrons. The third-order valence-electron chi connectivity index (χ3n) is 4.93. The number of hydrogen-bond donors (Lipinski definition) is 2. The number of anilines is 1. The summed E-state index contributed by atoms with van der Waals surface area (Å²) in [5.74, 6) is 0.966. The molecule has 0 radical (unpaired) electrons. The molecule has 1 aliphatic carbocycles. The van der Waals surface area contributed by atoms with Crippen molar-refractivity contribution in [3.8, 4) is 0 Å². The highest BCUT2D eigenvalue weighted by molar-refractivity contribution is 5.80. The Morgan fingerprint density at radius 2 is 2.13 bits per heavy atom. The molecule has 23 heavy (non-hydrogen) atoms. The lowest BCUT2D eigenvalue weighted by Crippen LogP contribution is -2.52. The molecule has 0 aromatic carbocycles. The Hall–Kier alpha value is -1.62. The lowest BCUT2D eigenvalue weighted by Gasteiger charge is -2.37. The molecule has 1 saturated carbocycles. The van der Waals surface area contributed by atoms with E-state index in [1.807, 2.05) is 25.3 Å². The molecular weight excluding hydrogens is 288 g/mol. The van der Waals surface area contributed by atoms with Gasteiger partial charge in [0.25, 0.3) is 0 Å². The van der Waals surface area contributed by atoms with E-state index in [0.29, 0.717) is 6.54 Å². The molecule has 1 aromatic heterocycles. The molecule has 5 nitrogen and oxygen atoms in total. The third-order valence-corrected chi connectivity index (χ3v) is 4.93. The highest BCUT2D eigenvalue weighted by atomic mass is 16.1. The molecular formula is C18H30N4O. The molecule has 0 spiro atoms. The molecule has 0 bridgehead atoms. The topological polar surface area (TPSA) is 71.2 Å². The maximum Gasteiger partial charge on any atom is 0.225 e. The van der Waals surface area contributed by atoms with Crippen LogP contribution in [0.25, 0.3) is 0 Å². The number of hydrogen-bond acceptors (Lipinski definition) is 4. The van der Waals surface area contributed by atoms with Gasteiger partial charge in [-0.2, -0.15) is 0 Å². The zero-order valence-electron chi connectivity index (χ0n) is 14.6. The summed E-state index contributed by atoms with van der Waals surface area (Å²) in [4.78, 5) is 19.1. The Morgan fingerprint density at radius 1 is 1.39 bits per heavy atom. The minimum Gasteiger partial charge on any atom is -0.357 e. The summed E-state index contributed by atoms with van der Waals surface area (Å²) in [6.45, 7) is 8.63. The van der Waals surface area contributed by atoms with Crippen LogP contribution in [0.2, 0.25) is 0 Å². The maximum atomic E-state index is 12.4. The second-order valence-electron chi connectivity index (χ2n) is 6.72. The Morgan fingerprint density at radius 3 is 2.70 bits per heavy atom. The van der Waals surface area contributed by atoms with Gasteiger partial charge >= 0.3 is 0 Å². The standard InChI is InChI=1S/C18H30N4O/c1-4-22(5-2)16-10-9-14(12-20-16)13-21-17(23)15-8-6-7-11-18(15,3)19/h9-10,12,15H,4-8,11,13,19H2,1-3H3,(H,21,23). The van der Waals surface area contributed by atoms with Crippen LogP contribution in [0.3, 0.4) is 0 Å². The highest BCUT2D eigenvalue weighted by Crippen LogP contribution is 2.31. The monoisotopic (exact) mass is 318 g/mol. The smallest absolute Gasteiger partial charge is 0.225 e. The average molecular weight is 318 g/mol. The second kappa shape index (κ2) is 7.77. The summed E-state index contributed by atoms with van der Waals surface area (Å²) in [5.41, 5.74) is 6.93. The Labute approximate surface area is 139 Å². The summed E-state index contributed by atoms with van der Waals surface area (Å²) < 4.78 is 0. The molecule has 1 heterocycles. The predicted octanol–water partition coefficient (Wildman–Crippen LogP) is 2.45. The van der Waals surface area contributed by atoms with Gasteiger partial charge in [-0.15, -0.1) is 0 Å². The molecule has 1 aromatic rings. The van der Waals surface area contributed by atoms with Crippen molar-refractivity contribution in [1.82, 2.24) is 10.3 Å². The minimum absolute atomic E-state index is 0.0718. The highest BCUT2D eigenvalue weighted by Gasteiger charge is 2.37. The molecule has 1 fully saturated rings. The Kier molecular flexibility index (Phi) is 5.99. The van der Waals surface area contributed by atoms with Crippen molar-refractivity contribution in [2.75, 3.05) is 18.0 Å². The fraction of sp³-hybridized carbons (Fsp3) is 0.667. The number of rotatable bonds is 6. The van der Waals surface area contributed by atoms with E-state index >= 15 is 0 Å². The van der Waals surface area contributed by atoms with E-state index in [9.17, 15) is 4.79 Å². The Bertz CT molecular complexity index is 508. The molecule has 0 aliphatic heterocycles. The number of pyridine rings is 1. The van der Waals surface area contributed by atoms with E-state index in [4.69, 9.17) is 5.73 Å². The zero-order valence-corrected chi connectivity index (χ0v) is 14.6. The summed E-state index contributed by atoms with van der Waals surface area (Å²) in [6.07, 6.45) is 5.86. The normalized spacial score (nSPS) is 24.3. The van der Waals surface area contributed by atoms with Crippen molar-refractivity contribution in [3.05, 3.63) is 23.9 Å². The van der Waals surface area contributed by atoms with Gasteiger partial charge in [0.2, 0.25) is 5.91 Å². The number of nitrogens with one attached hydrogen (secondary N) is 1. The largest absolute Gasteiger partial charge is 0.357 e. The first-order chi connectivity index (χ1) is 11.0. The van der Waals surface area contributed by atoms with Crippen LogP contribution < -0.4 is 16.0 Å². The van der Waals surface area contributed by atoms with Crippen molar-refractivity contribution in [2.24, 2.45) is 11.7 Å². The SMILES string of the molecule is CCN(CC)c1ccc(CNC(=O)C2CCCCC2(C)N)cn1.